The van der Waals surface area contributed by atoms with Crippen molar-refractivity contribution in [3.8, 4) is 0 Å². The Kier molecular flexibility index (Phi) is 7.48. The molecule has 33 heavy (non-hydrogen) atoms. The number of hydrogen-bond donors (Lipinski definition) is 0. The summed E-state index contributed by atoms with van der Waals surface area (Å²) in [7, 11) is -3.62. The monoisotopic (exact) mass is 480 g/mol. The van der Waals surface area contributed by atoms with E-state index in [1.54, 1.807) is 13.8 Å². The van der Waals surface area contributed by atoms with Gasteiger partial charge >= 0.3 is 5.97 Å². The summed E-state index contributed by atoms with van der Waals surface area (Å²) in [6.07, 6.45) is -1.04. The average Bonchev–Trinajstić information content (AvgIpc) is 3.16. The van der Waals surface area contributed by atoms with Gasteiger partial charge in [-0.25, -0.2) is 17.2 Å². The zero-order chi connectivity index (χ0) is 24.3. The fourth-order valence-corrected chi connectivity index (χ4v) is 5.25. The predicted octanol–water partition coefficient (Wildman–Crippen LogP) is 3.65. The predicted molar refractivity (Wildman–Crippen MR) is 118 cm³/mol. The number of carbonyl (C=O) groups excluding carboxylic acids is 2. The topological polar surface area (TPSA) is 84.0 Å². The molecule has 10 heteroatoms. The van der Waals surface area contributed by atoms with Gasteiger partial charge in [0.2, 0.25) is 15.9 Å². The molecule has 0 aromatic heterocycles. The third-order valence-electron chi connectivity index (χ3n) is 5.64. The molecule has 1 heterocycles. The number of ether oxygens (including phenoxy) is 1. The molecule has 1 amide bonds. The molecule has 2 unspecified atom stereocenters. The zero-order valence-electron chi connectivity index (χ0n) is 18.6. The van der Waals surface area contributed by atoms with Crippen LogP contribution in [0.2, 0.25) is 0 Å². The Morgan fingerprint density at radius 3 is 2.36 bits per heavy atom. The molecule has 0 radical (unpaired) electrons. The standard InChI is InChI=1S/C23H26F2N2O5S/c1-4-26(5-2)33(30,31)19-9-7-18(8-10-19)27-14-16(12-22(27)28)23(29)32-15(3)20-11-6-17(24)13-21(20)25/h6-11,13,15-16H,4-5,12,14H2,1-3H3. The smallest absolute Gasteiger partial charge is 0.311 e. The van der Waals surface area contributed by atoms with Crippen molar-refractivity contribution in [1.82, 2.24) is 4.31 Å². The van der Waals surface area contributed by atoms with E-state index in [-0.39, 0.29) is 29.3 Å². The highest BCUT2D eigenvalue weighted by molar-refractivity contribution is 7.89. The van der Waals surface area contributed by atoms with Crippen molar-refractivity contribution in [1.29, 1.82) is 0 Å². The number of benzene rings is 2. The Bertz CT molecular complexity index is 1130. The SMILES string of the molecule is CCN(CC)S(=O)(=O)c1ccc(N2CC(C(=O)OC(C)c3ccc(F)cc3F)CC2=O)cc1. The first-order valence-corrected chi connectivity index (χ1v) is 12.1. The second-order valence-corrected chi connectivity index (χ2v) is 9.67. The molecule has 178 valence electrons. The maximum absolute atomic E-state index is 13.9. The number of carbonyl (C=O) groups is 2. The highest BCUT2D eigenvalue weighted by atomic mass is 32.2. The summed E-state index contributed by atoms with van der Waals surface area (Å²) in [5.74, 6) is -3.29. The van der Waals surface area contributed by atoms with Crippen molar-refractivity contribution < 1.29 is 31.5 Å². The molecule has 7 nitrogen and oxygen atoms in total. The first kappa shape index (κ1) is 24.8. The lowest BCUT2D eigenvalue weighted by Crippen LogP contribution is -2.30. The molecule has 1 saturated heterocycles. The first-order valence-electron chi connectivity index (χ1n) is 10.6. The third-order valence-corrected chi connectivity index (χ3v) is 7.71. The second-order valence-electron chi connectivity index (χ2n) is 7.73. The summed E-state index contributed by atoms with van der Waals surface area (Å²) >= 11 is 0. The molecule has 0 spiro atoms. The Morgan fingerprint density at radius 2 is 1.79 bits per heavy atom. The quantitative estimate of drug-likeness (QED) is 0.539. The summed E-state index contributed by atoms with van der Waals surface area (Å²) in [6.45, 7) is 5.71. The van der Waals surface area contributed by atoms with Gasteiger partial charge in [-0.2, -0.15) is 4.31 Å². The highest BCUT2D eigenvalue weighted by Crippen LogP contribution is 2.29. The lowest BCUT2D eigenvalue weighted by Gasteiger charge is -2.20. The summed E-state index contributed by atoms with van der Waals surface area (Å²) in [6, 6.07) is 8.92. The number of halogens is 2. The van der Waals surface area contributed by atoms with Gasteiger partial charge in [-0.15, -0.1) is 0 Å². The molecular weight excluding hydrogens is 454 g/mol. The lowest BCUT2D eigenvalue weighted by molar-refractivity contribution is -0.153. The number of amides is 1. The van der Waals surface area contributed by atoms with Crippen LogP contribution >= 0.6 is 0 Å². The van der Waals surface area contributed by atoms with Crippen LogP contribution in [0.4, 0.5) is 14.5 Å². The van der Waals surface area contributed by atoms with E-state index in [2.05, 4.69) is 0 Å². The van der Waals surface area contributed by atoms with E-state index in [0.717, 1.165) is 6.07 Å². The van der Waals surface area contributed by atoms with Crippen molar-refractivity contribution >= 4 is 27.6 Å². The molecule has 0 N–H and O–H groups in total. The minimum atomic E-state index is -3.62. The number of esters is 1. The van der Waals surface area contributed by atoms with E-state index >= 15 is 0 Å². The van der Waals surface area contributed by atoms with Crippen molar-refractivity contribution in [2.24, 2.45) is 5.92 Å². The van der Waals surface area contributed by atoms with Crippen LogP contribution in [-0.2, 0) is 24.3 Å². The van der Waals surface area contributed by atoms with Gasteiger partial charge in [-0.05, 0) is 43.3 Å². The summed E-state index contributed by atoms with van der Waals surface area (Å²) in [5, 5.41) is 0. The fourth-order valence-electron chi connectivity index (χ4n) is 3.79. The maximum atomic E-state index is 13.9. The van der Waals surface area contributed by atoms with Crippen LogP contribution in [0.5, 0.6) is 0 Å². The van der Waals surface area contributed by atoms with Crippen molar-refractivity contribution in [3.05, 3.63) is 59.7 Å². The van der Waals surface area contributed by atoms with E-state index in [9.17, 15) is 26.8 Å². The zero-order valence-corrected chi connectivity index (χ0v) is 19.4. The lowest BCUT2D eigenvalue weighted by atomic mass is 10.1. The van der Waals surface area contributed by atoms with Crippen LogP contribution < -0.4 is 4.90 Å². The Balaban J connectivity index is 1.69. The third kappa shape index (κ3) is 5.22. The fraction of sp³-hybridized carbons (Fsp3) is 0.391. The van der Waals surface area contributed by atoms with E-state index in [4.69, 9.17) is 4.74 Å². The number of sulfonamides is 1. The van der Waals surface area contributed by atoms with Gasteiger partial charge < -0.3 is 9.64 Å². The normalized spacial score (nSPS) is 17.5. The summed E-state index contributed by atoms with van der Waals surface area (Å²) < 4.78 is 59.0. The largest absolute Gasteiger partial charge is 0.457 e. The van der Waals surface area contributed by atoms with Crippen molar-refractivity contribution in [3.63, 3.8) is 0 Å². The molecule has 2 atom stereocenters. The Morgan fingerprint density at radius 1 is 1.15 bits per heavy atom. The van der Waals surface area contributed by atoms with Gasteiger partial charge in [0.05, 0.1) is 10.8 Å². The molecule has 2 aromatic rings. The minimum Gasteiger partial charge on any atom is -0.457 e. The van der Waals surface area contributed by atoms with Gasteiger partial charge in [0.1, 0.15) is 17.7 Å². The Labute approximate surface area is 192 Å². The van der Waals surface area contributed by atoms with E-state index in [0.29, 0.717) is 24.8 Å². The van der Waals surface area contributed by atoms with E-state index in [1.165, 1.54) is 46.5 Å². The first-order chi connectivity index (χ1) is 15.6. The molecule has 3 rings (SSSR count). The molecule has 1 fully saturated rings. The van der Waals surface area contributed by atoms with Crippen molar-refractivity contribution in [2.45, 2.75) is 38.2 Å². The van der Waals surface area contributed by atoms with Gasteiger partial charge in [0.25, 0.3) is 0 Å². The van der Waals surface area contributed by atoms with Crippen LogP contribution in [0.15, 0.2) is 47.4 Å². The summed E-state index contributed by atoms with van der Waals surface area (Å²) in [4.78, 5) is 26.6. The minimum absolute atomic E-state index is 0.0379. The van der Waals surface area contributed by atoms with Crippen LogP contribution in [-0.4, -0.2) is 44.2 Å². The van der Waals surface area contributed by atoms with Crippen LogP contribution in [0.25, 0.3) is 0 Å². The average molecular weight is 481 g/mol. The van der Waals surface area contributed by atoms with E-state index < -0.39 is 39.6 Å². The van der Waals surface area contributed by atoms with Gasteiger partial charge in [0, 0.05) is 43.4 Å². The molecule has 0 aliphatic carbocycles. The number of nitrogens with zero attached hydrogens (tertiary/aromatic N) is 2. The molecule has 1 aliphatic heterocycles. The van der Waals surface area contributed by atoms with Gasteiger partial charge in [-0.1, -0.05) is 13.8 Å². The molecular formula is C23H26F2N2O5S. The second kappa shape index (κ2) is 9.96. The van der Waals surface area contributed by atoms with Crippen LogP contribution in [0, 0.1) is 17.6 Å². The number of hydrogen-bond acceptors (Lipinski definition) is 5. The van der Waals surface area contributed by atoms with Crippen LogP contribution in [0.1, 0.15) is 38.9 Å². The highest BCUT2D eigenvalue weighted by Gasteiger charge is 2.37. The van der Waals surface area contributed by atoms with Crippen molar-refractivity contribution in [2.75, 3.05) is 24.5 Å². The number of anilines is 1. The van der Waals surface area contributed by atoms with Crippen LogP contribution in [0.3, 0.4) is 0 Å². The Hall–Kier alpha value is -2.85. The molecule has 2 aromatic carbocycles. The molecule has 1 aliphatic rings. The maximum Gasteiger partial charge on any atom is 0.311 e. The van der Waals surface area contributed by atoms with E-state index in [1.807, 2.05) is 0 Å². The summed E-state index contributed by atoms with van der Waals surface area (Å²) in [5.41, 5.74) is 0.502. The van der Waals surface area contributed by atoms with Gasteiger partial charge in [0.15, 0.2) is 0 Å². The molecule has 0 bridgehead atoms. The number of rotatable bonds is 8. The molecule has 0 saturated carbocycles. The van der Waals surface area contributed by atoms with Gasteiger partial charge in [-0.3, -0.25) is 9.59 Å².